The summed E-state index contributed by atoms with van der Waals surface area (Å²) in [6.45, 7) is 4.61. The van der Waals surface area contributed by atoms with Crippen molar-refractivity contribution in [3.05, 3.63) is 65.7 Å². The molecule has 0 fully saturated rings. The first-order valence-electron chi connectivity index (χ1n) is 8.32. The van der Waals surface area contributed by atoms with Crippen LogP contribution in [0.3, 0.4) is 0 Å². The topological polar surface area (TPSA) is 12.0 Å². The highest BCUT2D eigenvalue weighted by molar-refractivity contribution is 7.99. The molecular formula is C20H25NS. The van der Waals surface area contributed by atoms with Gasteiger partial charge in [0.05, 0.1) is 6.04 Å². The molecule has 116 valence electrons. The van der Waals surface area contributed by atoms with Crippen LogP contribution >= 0.6 is 11.8 Å². The Morgan fingerprint density at radius 2 is 1.77 bits per heavy atom. The maximum absolute atomic E-state index is 4.03. The molecule has 2 aromatic rings. The van der Waals surface area contributed by atoms with E-state index in [1.165, 1.54) is 35.3 Å². The first-order valence-corrected chi connectivity index (χ1v) is 9.31. The summed E-state index contributed by atoms with van der Waals surface area (Å²) in [7, 11) is 0. The van der Waals surface area contributed by atoms with Gasteiger partial charge in [-0.3, -0.25) is 5.32 Å². The zero-order valence-electron chi connectivity index (χ0n) is 13.5. The number of nitrogens with one attached hydrogen (secondary N) is 1. The molecule has 1 aliphatic rings. The minimum atomic E-state index is 0.221. The lowest BCUT2D eigenvalue weighted by molar-refractivity contribution is 0.303. The van der Waals surface area contributed by atoms with Crippen LogP contribution in [0.25, 0.3) is 0 Å². The molecule has 22 heavy (non-hydrogen) atoms. The molecule has 1 nitrogen and oxygen atoms in total. The van der Waals surface area contributed by atoms with E-state index >= 15 is 0 Å². The van der Waals surface area contributed by atoms with Crippen LogP contribution in [0.1, 0.15) is 50.3 Å². The molecule has 0 aromatic heterocycles. The third-order valence-corrected chi connectivity index (χ3v) is 6.10. The Balaban J connectivity index is 2.05. The fourth-order valence-electron chi connectivity index (χ4n) is 3.40. The second-order valence-corrected chi connectivity index (χ2v) is 7.22. The Labute approximate surface area is 138 Å². The zero-order chi connectivity index (χ0) is 15.4. The van der Waals surface area contributed by atoms with Crippen molar-refractivity contribution in [2.24, 2.45) is 0 Å². The van der Waals surface area contributed by atoms with E-state index in [1.54, 1.807) is 0 Å². The van der Waals surface area contributed by atoms with Gasteiger partial charge in [-0.25, -0.2) is 0 Å². The molecule has 2 atom stereocenters. The number of fused-ring (bicyclic) bond motifs is 1. The van der Waals surface area contributed by atoms with Crippen molar-refractivity contribution < 1.29 is 0 Å². The summed E-state index contributed by atoms with van der Waals surface area (Å²) in [5.74, 6) is 1.15. The van der Waals surface area contributed by atoms with E-state index in [4.69, 9.17) is 0 Å². The molecule has 1 N–H and O–H groups in total. The van der Waals surface area contributed by atoms with Gasteiger partial charge in [0.25, 0.3) is 0 Å². The lowest BCUT2D eigenvalue weighted by atomic mass is 9.89. The maximum atomic E-state index is 4.03. The van der Waals surface area contributed by atoms with Gasteiger partial charge in [0, 0.05) is 16.2 Å². The predicted molar refractivity (Wildman–Crippen MR) is 96.5 cm³/mol. The van der Waals surface area contributed by atoms with Gasteiger partial charge in [0.2, 0.25) is 0 Å². The van der Waals surface area contributed by atoms with E-state index in [2.05, 4.69) is 73.8 Å². The second-order valence-electron chi connectivity index (χ2n) is 6.20. The van der Waals surface area contributed by atoms with Gasteiger partial charge < -0.3 is 0 Å². The molecule has 0 saturated carbocycles. The fourth-order valence-corrected chi connectivity index (χ4v) is 4.80. The number of hydrogen-bond acceptors (Lipinski definition) is 2. The number of rotatable bonds is 4. The van der Waals surface area contributed by atoms with Crippen LogP contribution in [0.15, 0.2) is 59.5 Å². The average Bonchev–Trinajstić information content (AvgIpc) is 2.74. The lowest BCUT2D eigenvalue weighted by Gasteiger charge is -2.36. The summed E-state index contributed by atoms with van der Waals surface area (Å²) in [6.07, 6.45) is 3.62. The van der Waals surface area contributed by atoms with Crippen LogP contribution in [-0.4, -0.2) is 11.3 Å². The molecule has 0 aliphatic carbocycles. The maximum Gasteiger partial charge on any atom is 0.0592 e. The molecule has 3 rings (SSSR count). The van der Waals surface area contributed by atoms with E-state index in [0.29, 0.717) is 6.04 Å². The van der Waals surface area contributed by atoms with Gasteiger partial charge in [-0.15, -0.1) is 11.8 Å². The highest BCUT2D eigenvalue weighted by atomic mass is 32.2. The summed E-state index contributed by atoms with van der Waals surface area (Å²) in [4.78, 5) is 1.43. The molecule has 1 heterocycles. The summed E-state index contributed by atoms with van der Waals surface area (Å²) in [6, 6.07) is 20.0. The Bertz CT molecular complexity index is 610. The van der Waals surface area contributed by atoms with Gasteiger partial charge >= 0.3 is 0 Å². The summed E-state index contributed by atoms with van der Waals surface area (Å²) in [5.41, 5.74) is 3.01. The molecule has 1 aliphatic heterocycles. The van der Waals surface area contributed by atoms with Gasteiger partial charge in [0.1, 0.15) is 0 Å². The van der Waals surface area contributed by atoms with E-state index in [1.807, 2.05) is 11.8 Å². The first kappa shape index (κ1) is 15.6. The lowest BCUT2D eigenvalue weighted by Crippen LogP contribution is -2.48. The molecule has 2 aromatic carbocycles. The number of thioether (sulfide) groups is 1. The molecule has 0 saturated heterocycles. The van der Waals surface area contributed by atoms with Crippen molar-refractivity contribution in [3.8, 4) is 0 Å². The van der Waals surface area contributed by atoms with E-state index in [0.717, 1.165) is 5.75 Å². The van der Waals surface area contributed by atoms with E-state index < -0.39 is 0 Å². The Kier molecular flexibility index (Phi) is 4.90. The standard InChI is InChI=1S/C20H25NS/c1-3-14-20(4-2)15-22-18-13-9-8-12-17(18)19(21-20)16-10-6-5-7-11-16/h5-13,19,21H,3-4,14-15H2,1-2H3. The third kappa shape index (κ3) is 3.09. The summed E-state index contributed by atoms with van der Waals surface area (Å²) in [5, 5.41) is 4.03. The highest BCUT2D eigenvalue weighted by Crippen LogP contribution is 2.40. The fraction of sp³-hybridized carbons (Fsp3) is 0.400. The van der Waals surface area contributed by atoms with Crippen molar-refractivity contribution in [2.45, 2.75) is 49.6 Å². The normalized spacial score (nSPS) is 24.5. The molecule has 2 unspecified atom stereocenters. The van der Waals surface area contributed by atoms with E-state index in [9.17, 15) is 0 Å². The molecule has 0 bridgehead atoms. The Hall–Kier alpha value is -1.25. The van der Waals surface area contributed by atoms with Gasteiger partial charge in [-0.2, -0.15) is 0 Å². The van der Waals surface area contributed by atoms with Crippen molar-refractivity contribution >= 4 is 11.8 Å². The van der Waals surface area contributed by atoms with Crippen molar-refractivity contribution in [1.82, 2.24) is 5.32 Å². The molecule has 0 amide bonds. The van der Waals surface area contributed by atoms with Crippen molar-refractivity contribution in [1.29, 1.82) is 0 Å². The van der Waals surface area contributed by atoms with Crippen molar-refractivity contribution in [3.63, 3.8) is 0 Å². The molecule has 0 spiro atoms. The smallest absolute Gasteiger partial charge is 0.0592 e. The van der Waals surface area contributed by atoms with Gasteiger partial charge in [0.15, 0.2) is 0 Å². The number of hydrogen-bond donors (Lipinski definition) is 1. The highest BCUT2D eigenvalue weighted by Gasteiger charge is 2.34. The van der Waals surface area contributed by atoms with Crippen LogP contribution in [-0.2, 0) is 0 Å². The van der Waals surface area contributed by atoms with Crippen LogP contribution < -0.4 is 5.32 Å². The molecule has 0 radical (unpaired) electrons. The Morgan fingerprint density at radius 1 is 1.05 bits per heavy atom. The summed E-state index contributed by atoms with van der Waals surface area (Å²) >= 11 is 2.02. The molecule has 2 heteroatoms. The largest absolute Gasteiger partial charge is 0.300 e. The molecular weight excluding hydrogens is 286 g/mol. The minimum absolute atomic E-state index is 0.221. The van der Waals surface area contributed by atoms with Crippen LogP contribution in [0.2, 0.25) is 0 Å². The van der Waals surface area contributed by atoms with Crippen LogP contribution in [0.4, 0.5) is 0 Å². The first-order chi connectivity index (χ1) is 10.8. The van der Waals surface area contributed by atoms with Gasteiger partial charge in [-0.1, -0.05) is 68.8 Å². The zero-order valence-corrected chi connectivity index (χ0v) is 14.3. The van der Waals surface area contributed by atoms with Crippen molar-refractivity contribution in [2.75, 3.05) is 5.75 Å². The van der Waals surface area contributed by atoms with Gasteiger partial charge in [-0.05, 0) is 30.0 Å². The third-order valence-electron chi connectivity index (χ3n) is 4.72. The second kappa shape index (κ2) is 6.89. The average molecular weight is 311 g/mol. The SMILES string of the molecule is CCCC1(CC)CSc2ccccc2C(c2ccccc2)N1. The number of benzene rings is 2. The van der Waals surface area contributed by atoms with E-state index in [-0.39, 0.29) is 5.54 Å². The monoisotopic (exact) mass is 311 g/mol. The summed E-state index contributed by atoms with van der Waals surface area (Å²) < 4.78 is 0. The Morgan fingerprint density at radius 3 is 2.50 bits per heavy atom. The van der Waals surface area contributed by atoms with Crippen LogP contribution in [0.5, 0.6) is 0 Å². The van der Waals surface area contributed by atoms with Crippen LogP contribution in [0, 0.1) is 0 Å². The predicted octanol–water partition coefficient (Wildman–Crippen LogP) is 5.42. The minimum Gasteiger partial charge on any atom is -0.300 e. The quantitative estimate of drug-likeness (QED) is 0.809.